The SMILES string of the molecule is COCCn1c(-c2ccc3ccccc3c2)n[nH]c1=S. The fourth-order valence-electron chi connectivity index (χ4n) is 2.26. The molecule has 0 fully saturated rings. The van der Waals surface area contributed by atoms with Crippen molar-refractivity contribution < 1.29 is 4.74 Å². The minimum absolute atomic E-state index is 0.606. The van der Waals surface area contributed by atoms with Crippen molar-refractivity contribution >= 4 is 23.0 Å². The van der Waals surface area contributed by atoms with E-state index in [4.69, 9.17) is 17.0 Å². The van der Waals surface area contributed by atoms with Crippen LogP contribution < -0.4 is 0 Å². The first-order valence-corrected chi connectivity index (χ1v) is 6.84. The molecule has 1 N–H and O–H groups in total. The molecule has 0 radical (unpaired) electrons. The summed E-state index contributed by atoms with van der Waals surface area (Å²) in [5, 5.41) is 9.60. The van der Waals surface area contributed by atoms with Gasteiger partial charge < -0.3 is 4.74 Å². The van der Waals surface area contributed by atoms with E-state index < -0.39 is 0 Å². The summed E-state index contributed by atoms with van der Waals surface area (Å²) in [6.07, 6.45) is 0. The Morgan fingerprint density at radius 1 is 1.20 bits per heavy atom. The zero-order valence-electron chi connectivity index (χ0n) is 11.2. The van der Waals surface area contributed by atoms with Crippen LogP contribution in [0.25, 0.3) is 22.2 Å². The second-order valence-corrected chi connectivity index (χ2v) is 4.95. The molecule has 3 rings (SSSR count). The largest absolute Gasteiger partial charge is 0.383 e. The summed E-state index contributed by atoms with van der Waals surface area (Å²) in [5.41, 5.74) is 1.05. The highest BCUT2D eigenvalue weighted by molar-refractivity contribution is 7.71. The van der Waals surface area contributed by atoms with Gasteiger partial charge in [0.15, 0.2) is 10.6 Å². The molecule has 0 atom stereocenters. The average molecular weight is 285 g/mol. The van der Waals surface area contributed by atoms with E-state index in [1.165, 1.54) is 10.8 Å². The molecular formula is C15H15N3OS. The van der Waals surface area contributed by atoms with E-state index in [1.54, 1.807) is 7.11 Å². The Bertz CT molecular complexity index is 791. The molecule has 0 aliphatic carbocycles. The number of hydrogen-bond donors (Lipinski definition) is 1. The van der Waals surface area contributed by atoms with E-state index >= 15 is 0 Å². The van der Waals surface area contributed by atoms with E-state index in [0.717, 1.165) is 11.4 Å². The van der Waals surface area contributed by atoms with Crippen LogP contribution in [0.15, 0.2) is 42.5 Å². The zero-order chi connectivity index (χ0) is 13.9. The van der Waals surface area contributed by atoms with E-state index in [-0.39, 0.29) is 0 Å². The maximum absolute atomic E-state index is 5.27. The van der Waals surface area contributed by atoms with Gasteiger partial charge >= 0.3 is 0 Å². The third kappa shape index (κ3) is 2.37. The lowest BCUT2D eigenvalue weighted by Gasteiger charge is -2.07. The predicted octanol–water partition coefficient (Wildman–Crippen LogP) is 3.41. The lowest BCUT2D eigenvalue weighted by molar-refractivity contribution is 0.187. The highest BCUT2D eigenvalue weighted by Gasteiger charge is 2.09. The Balaban J connectivity index is 2.08. The van der Waals surface area contributed by atoms with Crippen LogP contribution in [0.4, 0.5) is 0 Å². The van der Waals surface area contributed by atoms with Gasteiger partial charge in [-0.15, -0.1) is 0 Å². The second kappa shape index (κ2) is 5.56. The number of nitrogens with one attached hydrogen (secondary N) is 1. The van der Waals surface area contributed by atoms with Gasteiger partial charge in [-0.1, -0.05) is 36.4 Å². The third-order valence-electron chi connectivity index (χ3n) is 3.28. The quantitative estimate of drug-likeness (QED) is 0.747. The summed E-state index contributed by atoms with van der Waals surface area (Å²) < 4.78 is 7.70. The summed E-state index contributed by atoms with van der Waals surface area (Å²) in [5.74, 6) is 0.845. The van der Waals surface area contributed by atoms with Gasteiger partial charge in [0.1, 0.15) is 0 Å². The van der Waals surface area contributed by atoms with Crippen LogP contribution in [0.2, 0.25) is 0 Å². The van der Waals surface area contributed by atoms with Crippen molar-refractivity contribution in [3.05, 3.63) is 47.2 Å². The van der Waals surface area contributed by atoms with Crippen molar-refractivity contribution in [3.63, 3.8) is 0 Å². The number of benzene rings is 2. The molecule has 3 aromatic rings. The number of rotatable bonds is 4. The van der Waals surface area contributed by atoms with E-state index in [2.05, 4.69) is 40.5 Å². The molecule has 5 heteroatoms. The third-order valence-corrected chi connectivity index (χ3v) is 3.60. The number of methoxy groups -OCH3 is 1. The van der Waals surface area contributed by atoms with Crippen molar-refractivity contribution in [2.45, 2.75) is 6.54 Å². The predicted molar refractivity (Wildman–Crippen MR) is 82.2 cm³/mol. The molecule has 20 heavy (non-hydrogen) atoms. The summed E-state index contributed by atoms with van der Waals surface area (Å²) in [6, 6.07) is 14.6. The van der Waals surface area contributed by atoms with Gasteiger partial charge in [0, 0.05) is 12.7 Å². The molecule has 2 aromatic carbocycles. The minimum Gasteiger partial charge on any atom is -0.383 e. The van der Waals surface area contributed by atoms with Crippen molar-refractivity contribution in [2.24, 2.45) is 0 Å². The van der Waals surface area contributed by atoms with Crippen LogP contribution in [0.1, 0.15) is 0 Å². The number of H-pyrrole nitrogens is 1. The topological polar surface area (TPSA) is 42.8 Å². The van der Waals surface area contributed by atoms with Crippen molar-refractivity contribution in [2.75, 3.05) is 13.7 Å². The standard InChI is InChI=1S/C15H15N3OS/c1-19-9-8-18-14(16-17-15(18)20)13-7-6-11-4-2-3-5-12(11)10-13/h2-7,10H,8-9H2,1H3,(H,17,20). The van der Waals surface area contributed by atoms with Gasteiger partial charge in [-0.05, 0) is 29.1 Å². The molecule has 0 unspecified atom stereocenters. The van der Waals surface area contributed by atoms with Gasteiger partial charge in [0.25, 0.3) is 0 Å². The van der Waals surface area contributed by atoms with Crippen molar-refractivity contribution in [1.82, 2.24) is 14.8 Å². The first-order chi connectivity index (χ1) is 9.79. The molecule has 102 valence electrons. The zero-order valence-corrected chi connectivity index (χ0v) is 12.0. The number of ether oxygens (including phenoxy) is 1. The molecule has 0 bridgehead atoms. The highest BCUT2D eigenvalue weighted by Crippen LogP contribution is 2.23. The second-order valence-electron chi connectivity index (χ2n) is 4.56. The number of nitrogens with zero attached hydrogens (tertiary/aromatic N) is 2. The van der Waals surface area contributed by atoms with E-state index in [0.29, 0.717) is 17.9 Å². The Kier molecular flexibility index (Phi) is 3.62. The molecule has 0 saturated heterocycles. The van der Waals surface area contributed by atoms with E-state index in [9.17, 15) is 0 Å². The smallest absolute Gasteiger partial charge is 0.195 e. The lowest BCUT2D eigenvalue weighted by Crippen LogP contribution is -2.06. The van der Waals surface area contributed by atoms with Crippen molar-refractivity contribution in [1.29, 1.82) is 0 Å². The fourth-order valence-corrected chi connectivity index (χ4v) is 2.48. The van der Waals surface area contributed by atoms with Crippen LogP contribution in [0.5, 0.6) is 0 Å². The molecular weight excluding hydrogens is 270 g/mol. The Morgan fingerprint density at radius 3 is 2.80 bits per heavy atom. The molecule has 1 heterocycles. The Labute approximate surface area is 122 Å². The van der Waals surface area contributed by atoms with Gasteiger partial charge in [-0.25, -0.2) is 0 Å². The number of fused-ring (bicyclic) bond motifs is 1. The van der Waals surface area contributed by atoms with Gasteiger partial charge in [0.05, 0.1) is 13.2 Å². The van der Waals surface area contributed by atoms with E-state index in [1.807, 2.05) is 16.7 Å². The fraction of sp³-hybridized carbons (Fsp3) is 0.200. The number of aromatic amines is 1. The van der Waals surface area contributed by atoms with Gasteiger partial charge in [-0.3, -0.25) is 9.67 Å². The molecule has 0 aliphatic heterocycles. The molecule has 0 aliphatic rings. The summed E-state index contributed by atoms with van der Waals surface area (Å²) in [6.45, 7) is 1.29. The first-order valence-electron chi connectivity index (χ1n) is 6.43. The van der Waals surface area contributed by atoms with Crippen LogP contribution in [0.3, 0.4) is 0 Å². The minimum atomic E-state index is 0.606. The Morgan fingerprint density at radius 2 is 2.00 bits per heavy atom. The highest BCUT2D eigenvalue weighted by atomic mass is 32.1. The molecule has 0 amide bonds. The van der Waals surface area contributed by atoms with Gasteiger partial charge in [-0.2, -0.15) is 5.10 Å². The summed E-state index contributed by atoms with van der Waals surface area (Å²) >= 11 is 5.27. The van der Waals surface area contributed by atoms with Crippen LogP contribution in [-0.2, 0) is 11.3 Å². The summed E-state index contributed by atoms with van der Waals surface area (Å²) in [7, 11) is 1.68. The average Bonchev–Trinajstić information content (AvgIpc) is 2.85. The molecule has 1 aromatic heterocycles. The van der Waals surface area contributed by atoms with Crippen LogP contribution in [-0.4, -0.2) is 28.5 Å². The van der Waals surface area contributed by atoms with Crippen LogP contribution >= 0.6 is 12.2 Å². The van der Waals surface area contributed by atoms with Gasteiger partial charge in [0.2, 0.25) is 0 Å². The normalized spacial score (nSPS) is 11.1. The lowest BCUT2D eigenvalue weighted by atomic mass is 10.1. The number of aromatic nitrogens is 3. The van der Waals surface area contributed by atoms with Crippen LogP contribution in [0, 0.1) is 4.77 Å². The molecule has 0 spiro atoms. The maximum atomic E-state index is 5.27. The van der Waals surface area contributed by atoms with Crippen molar-refractivity contribution in [3.8, 4) is 11.4 Å². The molecule has 4 nitrogen and oxygen atoms in total. The number of hydrogen-bond acceptors (Lipinski definition) is 3. The Hall–Kier alpha value is -1.98. The molecule has 0 saturated carbocycles. The first kappa shape index (κ1) is 13.0. The monoisotopic (exact) mass is 285 g/mol. The maximum Gasteiger partial charge on any atom is 0.195 e. The summed E-state index contributed by atoms with van der Waals surface area (Å²) in [4.78, 5) is 0.